The Labute approximate surface area is 214 Å². The van der Waals surface area contributed by atoms with Crippen LogP contribution in [0.4, 0.5) is 32.0 Å². The van der Waals surface area contributed by atoms with E-state index in [0.717, 1.165) is 29.8 Å². The lowest BCUT2D eigenvalue weighted by molar-refractivity contribution is -0.141. The first-order valence-corrected chi connectivity index (χ1v) is 12.5. The highest BCUT2D eigenvalue weighted by Gasteiger charge is 2.46. The summed E-state index contributed by atoms with van der Waals surface area (Å²) < 4.78 is 101. The molecule has 0 unspecified atom stereocenters. The van der Waals surface area contributed by atoms with E-state index in [1.54, 1.807) is 0 Å². The standard InChI is InChI=1S/C25H21F6N3O3S/c26-24(27,28)22-14-9-19(21(33-22)13-8-17-4-2-1-3-5-17)10-15-23(35)32-16-18-6-11-20(12-7-18)34-38(36,37)25(29,30)31/h1-7,9-12,14-15,34H,8,13,16H2,(H,32,35). The summed E-state index contributed by atoms with van der Waals surface area (Å²) in [5.41, 5.74) is -4.93. The van der Waals surface area contributed by atoms with Gasteiger partial charge in [-0.25, -0.2) is 4.98 Å². The number of carbonyl (C=O) groups is 1. The number of amides is 1. The van der Waals surface area contributed by atoms with Crippen molar-refractivity contribution in [2.75, 3.05) is 4.72 Å². The molecule has 0 spiro atoms. The van der Waals surface area contributed by atoms with E-state index in [2.05, 4.69) is 10.3 Å². The van der Waals surface area contributed by atoms with Crippen LogP contribution < -0.4 is 10.0 Å². The van der Waals surface area contributed by atoms with Gasteiger partial charge in [-0.3, -0.25) is 9.52 Å². The van der Waals surface area contributed by atoms with Crippen LogP contribution in [-0.4, -0.2) is 24.8 Å². The Hall–Kier alpha value is -3.87. The summed E-state index contributed by atoms with van der Waals surface area (Å²) in [6.07, 6.45) is -1.50. The number of rotatable bonds is 9. The number of aryl methyl sites for hydroxylation is 2. The highest BCUT2D eigenvalue weighted by Crippen LogP contribution is 2.29. The number of aromatic nitrogens is 1. The van der Waals surface area contributed by atoms with Gasteiger partial charge < -0.3 is 5.32 Å². The third kappa shape index (κ3) is 8.07. The average Bonchev–Trinajstić information content (AvgIpc) is 2.85. The van der Waals surface area contributed by atoms with Gasteiger partial charge in [0, 0.05) is 24.0 Å². The first kappa shape index (κ1) is 28.7. The number of pyridine rings is 1. The third-order valence-electron chi connectivity index (χ3n) is 5.19. The summed E-state index contributed by atoms with van der Waals surface area (Å²) in [5, 5.41) is 2.53. The number of nitrogens with one attached hydrogen (secondary N) is 2. The Bertz CT molecular complexity index is 1390. The van der Waals surface area contributed by atoms with Crippen LogP contribution in [0.2, 0.25) is 0 Å². The SMILES string of the molecule is O=C(C=Cc1ccc(C(F)(F)F)nc1CCc1ccccc1)NCc1ccc(NS(=O)(=O)C(F)(F)F)cc1. The molecule has 1 amide bonds. The second-order valence-corrected chi connectivity index (χ2v) is 9.69. The highest BCUT2D eigenvalue weighted by atomic mass is 32.2. The molecule has 13 heteroatoms. The lowest BCUT2D eigenvalue weighted by Crippen LogP contribution is -2.29. The molecule has 3 rings (SSSR count). The van der Waals surface area contributed by atoms with E-state index in [1.807, 2.05) is 30.3 Å². The van der Waals surface area contributed by atoms with Crippen LogP contribution in [0.5, 0.6) is 0 Å². The molecule has 1 aromatic heterocycles. The molecular formula is C25H21F6N3O3S. The lowest BCUT2D eigenvalue weighted by atomic mass is 10.0. The summed E-state index contributed by atoms with van der Waals surface area (Å²) in [6.45, 7) is -0.0401. The van der Waals surface area contributed by atoms with Gasteiger partial charge in [-0.05, 0) is 53.8 Å². The van der Waals surface area contributed by atoms with Crippen LogP contribution in [-0.2, 0) is 40.4 Å². The largest absolute Gasteiger partial charge is 0.516 e. The number of carbonyl (C=O) groups excluding carboxylic acids is 1. The predicted octanol–water partition coefficient (Wildman–Crippen LogP) is 5.48. The van der Waals surface area contributed by atoms with Crippen LogP contribution in [0.3, 0.4) is 0 Å². The van der Waals surface area contributed by atoms with Crippen LogP contribution in [0.15, 0.2) is 72.8 Å². The van der Waals surface area contributed by atoms with Crippen LogP contribution in [0, 0.1) is 0 Å². The molecule has 2 N–H and O–H groups in total. The maximum atomic E-state index is 13.2. The zero-order valence-electron chi connectivity index (χ0n) is 19.5. The molecule has 0 saturated heterocycles. The van der Waals surface area contributed by atoms with Gasteiger partial charge in [-0.2, -0.15) is 34.8 Å². The molecule has 0 saturated carbocycles. The molecule has 0 bridgehead atoms. The number of alkyl halides is 6. The molecule has 0 radical (unpaired) electrons. The molecule has 0 aliphatic rings. The van der Waals surface area contributed by atoms with Crippen molar-refractivity contribution in [1.82, 2.24) is 10.3 Å². The quantitative estimate of drug-likeness (QED) is 0.270. The fourth-order valence-electron chi connectivity index (χ4n) is 3.25. The summed E-state index contributed by atoms with van der Waals surface area (Å²) >= 11 is 0. The van der Waals surface area contributed by atoms with Gasteiger partial charge in [-0.1, -0.05) is 48.5 Å². The number of nitrogens with zero attached hydrogens (tertiary/aromatic N) is 1. The summed E-state index contributed by atoms with van der Waals surface area (Å²) in [6, 6.07) is 16.0. The predicted molar refractivity (Wildman–Crippen MR) is 129 cm³/mol. The minimum Gasteiger partial charge on any atom is -0.348 e. The molecule has 0 fully saturated rings. The van der Waals surface area contributed by atoms with Crippen LogP contribution >= 0.6 is 0 Å². The van der Waals surface area contributed by atoms with Crippen molar-refractivity contribution in [3.63, 3.8) is 0 Å². The maximum Gasteiger partial charge on any atom is 0.516 e. The first-order valence-electron chi connectivity index (χ1n) is 11.0. The van der Waals surface area contributed by atoms with Crippen molar-refractivity contribution in [2.45, 2.75) is 31.1 Å². The van der Waals surface area contributed by atoms with Gasteiger partial charge in [0.1, 0.15) is 5.69 Å². The Balaban J connectivity index is 1.65. The number of hydrogen-bond acceptors (Lipinski definition) is 4. The van der Waals surface area contributed by atoms with Crippen molar-refractivity contribution in [1.29, 1.82) is 0 Å². The summed E-state index contributed by atoms with van der Waals surface area (Å²) in [5.74, 6) is -0.583. The second kappa shape index (κ2) is 11.7. The average molecular weight is 558 g/mol. The molecule has 3 aromatic rings. The van der Waals surface area contributed by atoms with Crippen molar-refractivity contribution >= 4 is 27.7 Å². The zero-order chi connectivity index (χ0) is 28.0. The second-order valence-electron chi connectivity index (χ2n) is 8.02. The van der Waals surface area contributed by atoms with Gasteiger partial charge >= 0.3 is 21.7 Å². The highest BCUT2D eigenvalue weighted by molar-refractivity contribution is 7.93. The maximum absolute atomic E-state index is 13.2. The van der Waals surface area contributed by atoms with E-state index in [0.29, 0.717) is 17.5 Å². The van der Waals surface area contributed by atoms with E-state index in [-0.39, 0.29) is 24.3 Å². The third-order valence-corrected chi connectivity index (χ3v) is 6.30. The lowest BCUT2D eigenvalue weighted by Gasteiger charge is -2.11. The summed E-state index contributed by atoms with van der Waals surface area (Å²) in [4.78, 5) is 16.0. The van der Waals surface area contributed by atoms with Gasteiger partial charge in [0.15, 0.2) is 0 Å². The van der Waals surface area contributed by atoms with Gasteiger partial charge in [0.2, 0.25) is 5.91 Å². The smallest absolute Gasteiger partial charge is 0.348 e. The van der Waals surface area contributed by atoms with E-state index in [1.165, 1.54) is 29.0 Å². The zero-order valence-corrected chi connectivity index (χ0v) is 20.3. The van der Waals surface area contributed by atoms with Crippen molar-refractivity contribution in [3.05, 3.63) is 101 Å². The van der Waals surface area contributed by atoms with Gasteiger partial charge in [0.05, 0.1) is 0 Å². The van der Waals surface area contributed by atoms with Crippen molar-refractivity contribution in [3.8, 4) is 0 Å². The molecule has 0 aliphatic heterocycles. The molecule has 38 heavy (non-hydrogen) atoms. The molecule has 6 nitrogen and oxygen atoms in total. The van der Waals surface area contributed by atoms with E-state index < -0.39 is 33.3 Å². The van der Waals surface area contributed by atoms with Crippen molar-refractivity contribution < 1.29 is 39.6 Å². The minimum absolute atomic E-state index is 0.0401. The Morgan fingerprint density at radius 2 is 1.50 bits per heavy atom. The monoisotopic (exact) mass is 557 g/mol. The van der Waals surface area contributed by atoms with E-state index in [4.69, 9.17) is 0 Å². The minimum atomic E-state index is -5.55. The Morgan fingerprint density at radius 3 is 2.11 bits per heavy atom. The van der Waals surface area contributed by atoms with Crippen molar-refractivity contribution in [2.24, 2.45) is 0 Å². The fraction of sp³-hybridized carbons (Fsp3) is 0.200. The van der Waals surface area contributed by atoms with E-state index in [9.17, 15) is 39.6 Å². The van der Waals surface area contributed by atoms with Gasteiger partial charge in [-0.15, -0.1) is 0 Å². The Morgan fingerprint density at radius 1 is 0.842 bits per heavy atom. The fourth-order valence-corrected chi connectivity index (χ4v) is 3.81. The molecule has 1 heterocycles. The van der Waals surface area contributed by atoms with E-state index >= 15 is 0 Å². The molecular weight excluding hydrogens is 536 g/mol. The first-order chi connectivity index (χ1) is 17.7. The Kier molecular flexibility index (Phi) is 8.82. The number of halogens is 6. The number of sulfonamides is 1. The molecule has 2 aromatic carbocycles. The van der Waals surface area contributed by atoms with Gasteiger partial charge in [0.25, 0.3) is 0 Å². The normalized spacial score (nSPS) is 12.5. The molecule has 0 atom stereocenters. The number of anilines is 1. The topological polar surface area (TPSA) is 88.2 Å². The number of benzene rings is 2. The summed E-state index contributed by atoms with van der Waals surface area (Å²) in [7, 11) is -5.55. The molecule has 0 aliphatic carbocycles. The van der Waals surface area contributed by atoms with Crippen LogP contribution in [0.25, 0.3) is 6.08 Å². The number of hydrogen-bond donors (Lipinski definition) is 2. The molecule has 202 valence electrons. The van der Waals surface area contributed by atoms with Crippen LogP contribution in [0.1, 0.15) is 28.1 Å².